The summed E-state index contributed by atoms with van der Waals surface area (Å²) >= 11 is 3.19. The van der Waals surface area contributed by atoms with E-state index >= 15 is 0 Å². The number of nitro benzene ring substituents is 2. The fraction of sp³-hybridized carbons (Fsp3) is 0.0345. The predicted octanol–water partition coefficient (Wildman–Crippen LogP) is 8.67. The van der Waals surface area contributed by atoms with Crippen LogP contribution >= 0.6 is 22.7 Å². The maximum absolute atomic E-state index is 10.7. The highest BCUT2D eigenvalue weighted by Gasteiger charge is 2.10. The first-order chi connectivity index (χ1) is 18.8. The lowest BCUT2D eigenvalue weighted by Crippen LogP contribution is -1.86. The lowest BCUT2D eigenvalue weighted by atomic mass is 10.1. The lowest BCUT2D eigenvalue weighted by molar-refractivity contribution is -0.385. The molecule has 0 saturated carbocycles. The van der Waals surface area contributed by atoms with Gasteiger partial charge >= 0.3 is 0 Å². The van der Waals surface area contributed by atoms with Gasteiger partial charge in [-0.25, -0.2) is 0 Å². The number of aromatic hydroxyl groups is 1. The van der Waals surface area contributed by atoms with Crippen molar-refractivity contribution in [3.63, 3.8) is 0 Å². The first-order valence-corrected chi connectivity index (χ1v) is 13.2. The number of rotatable bonds is 5. The number of phenols is 1. The number of nitro groups is 2. The van der Waals surface area contributed by atoms with Gasteiger partial charge in [-0.15, -0.1) is 22.7 Å². The summed E-state index contributed by atoms with van der Waals surface area (Å²) in [5.74, 6) is 1.07. The lowest BCUT2D eigenvalue weighted by Gasteiger charge is -1.97. The number of non-ortho nitro benzene ring substituents is 2. The van der Waals surface area contributed by atoms with Crippen LogP contribution in [-0.2, 0) is 0 Å². The Bertz CT molecular complexity index is 1810. The number of ether oxygens (including phenoxy) is 1. The molecule has 4 aromatic carbocycles. The van der Waals surface area contributed by atoms with E-state index in [1.165, 1.54) is 24.3 Å². The number of fused-ring (bicyclic) bond motifs is 2. The van der Waals surface area contributed by atoms with Crippen LogP contribution in [0.3, 0.4) is 0 Å². The van der Waals surface area contributed by atoms with E-state index in [2.05, 4.69) is 6.07 Å². The van der Waals surface area contributed by atoms with Crippen LogP contribution in [0.15, 0.2) is 97.1 Å². The third-order valence-corrected chi connectivity index (χ3v) is 8.25. The molecule has 2 heterocycles. The van der Waals surface area contributed by atoms with Crippen LogP contribution in [0.5, 0.6) is 11.5 Å². The fourth-order valence-corrected chi connectivity index (χ4v) is 6.14. The van der Waals surface area contributed by atoms with Crippen molar-refractivity contribution in [3.8, 4) is 32.4 Å². The zero-order valence-corrected chi connectivity index (χ0v) is 22.1. The Morgan fingerprint density at radius 1 is 0.641 bits per heavy atom. The Hall–Kier alpha value is -4.80. The van der Waals surface area contributed by atoms with Gasteiger partial charge in [-0.1, -0.05) is 0 Å². The topological polar surface area (TPSA) is 116 Å². The van der Waals surface area contributed by atoms with Gasteiger partial charge in [-0.3, -0.25) is 20.2 Å². The summed E-state index contributed by atoms with van der Waals surface area (Å²) in [6, 6.07) is 28.3. The average Bonchev–Trinajstić information content (AvgIpc) is 3.57. The quantitative estimate of drug-likeness (QED) is 0.168. The normalized spacial score (nSPS) is 10.7. The second-order valence-electron chi connectivity index (χ2n) is 8.46. The van der Waals surface area contributed by atoms with Crippen LogP contribution in [0.1, 0.15) is 0 Å². The Kier molecular flexibility index (Phi) is 7.22. The highest BCUT2D eigenvalue weighted by atomic mass is 32.1. The highest BCUT2D eigenvalue weighted by molar-refractivity contribution is 7.22. The molecule has 0 fully saturated rings. The molecule has 0 unspecified atom stereocenters. The maximum atomic E-state index is 10.7. The summed E-state index contributed by atoms with van der Waals surface area (Å²) < 4.78 is 7.34. The van der Waals surface area contributed by atoms with Gasteiger partial charge in [-0.05, 0) is 94.7 Å². The predicted molar refractivity (Wildman–Crippen MR) is 156 cm³/mol. The maximum Gasteiger partial charge on any atom is 0.269 e. The van der Waals surface area contributed by atoms with E-state index in [4.69, 9.17) is 4.74 Å². The van der Waals surface area contributed by atoms with Gasteiger partial charge in [-0.2, -0.15) is 0 Å². The van der Waals surface area contributed by atoms with Crippen molar-refractivity contribution in [2.24, 2.45) is 0 Å². The van der Waals surface area contributed by atoms with Crippen LogP contribution in [-0.4, -0.2) is 22.1 Å². The summed E-state index contributed by atoms with van der Waals surface area (Å²) in [6.07, 6.45) is 0. The van der Waals surface area contributed by atoms with E-state index in [1.807, 2.05) is 30.3 Å². The van der Waals surface area contributed by atoms with Gasteiger partial charge < -0.3 is 9.84 Å². The number of thiophene rings is 2. The molecular formula is C29H20N2O6S2. The van der Waals surface area contributed by atoms with Crippen LogP contribution in [0.4, 0.5) is 11.4 Å². The summed E-state index contributed by atoms with van der Waals surface area (Å²) in [6.45, 7) is 0. The molecule has 194 valence electrons. The van der Waals surface area contributed by atoms with Crippen molar-refractivity contribution < 1.29 is 19.7 Å². The SMILES string of the molecule is COc1ccc2cc(-c3ccc([N+](=O)[O-])cc3)sc2c1.O=[N+]([O-])c1ccc(-c2cc3ccc(O)cc3s2)cc1. The van der Waals surface area contributed by atoms with Gasteiger partial charge in [0.1, 0.15) is 11.5 Å². The zero-order valence-electron chi connectivity index (χ0n) is 20.4. The second kappa shape index (κ2) is 10.9. The molecular weight excluding hydrogens is 536 g/mol. The smallest absolute Gasteiger partial charge is 0.269 e. The first kappa shape index (κ1) is 25.8. The minimum absolute atomic E-state index is 0.0857. The highest BCUT2D eigenvalue weighted by Crippen LogP contribution is 2.37. The molecule has 6 rings (SSSR count). The largest absolute Gasteiger partial charge is 0.508 e. The van der Waals surface area contributed by atoms with E-state index < -0.39 is 4.92 Å². The summed E-state index contributed by atoms with van der Waals surface area (Å²) in [5.41, 5.74) is 2.11. The molecule has 6 aromatic rings. The van der Waals surface area contributed by atoms with Crippen molar-refractivity contribution in [3.05, 3.63) is 117 Å². The molecule has 10 heteroatoms. The molecule has 0 radical (unpaired) electrons. The zero-order chi connectivity index (χ0) is 27.5. The van der Waals surface area contributed by atoms with E-state index in [0.717, 1.165) is 46.8 Å². The standard InChI is InChI=1S/C15H11NO3S.C14H9NO3S/c1-19-13-7-4-11-8-14(20-15(11)9-13)10-2-5-12(6-3-10)16(17)18;16-12-6-3-10-7-13(19-14(10)8-12)9-1-4-11(5-2-9)15(17)18/h2-9H,1H3;1-8,16H. The molecule has 8 nitrogen and oxygen atoms in total. The first-order valence-electron chi connectivity index (χ1n) is 11.6. The molecule has 39 heavy (non-hydrogen) atoms. The molecule has 0 aliphatic carbocycles. The van der Waals surface area contributed by atoms with Gasteiger partial charge in [0.2, 0.25) is 0 Å². The van der Waals surface area contributed by atoms with Crippen molar-refractivity contribution in [2.75, 3.05) is 7.11 Å². The third-order valence-electron chi connectivity index (χ3n) is 5.96. The summed E-state index contributed by atoms with van der Waals surface area (Å²) in [4.78, 5) is 22.6. The van der Waals surface area contributed by atoms with Gasteiger partial charge in [0.05, 0.1) is 17.0 Å². The molecule has 0 saturated heterocycles. The molecule has 0 spiro atoms. The monoisotopic (exact) mass is 556 g/mol. The third kappa shape index (κ3) is 5.71. The molecule has 0 bridgehead atoms. The molecule has 0 atom stereocenters. The minimum atomic E-state index is -0.410. The van der Waals surface area contributed by atoms with Crippen LogP contribution in [0, 0.1) is 20.2 Å². The molecule has 2 aromatic heterocycles. The van der Waals surface area contributed by atoms with Gasteiger partial charge in [0.15, 0.2) is 0 Å². The number of phenolic OH excluding ortho intramolecular Hbond substituents is 1. The van der Waals surface area contributed by atoms with Crippen LogP contribution < -0.4 is 4.74 Å². The van der Waals surface area contributed by atoms with E-state index in [0.29, 0.717) is 0 Å². The van der Waals surface area contributed by atoms with Crippen molar-refractivity contribution >= 4 is 54.2 Å². The van der Waals surface area contributed by atoms with Crippen molar-refractivity contribution in [2.45, 2.75) is 0 Å². The van der Waals surface area contributed by atoms with E-state index in [9.17, 15) is 25.3 Å². The van der Waals surface area contributed by atoms with E-state index in [1.54, 1.807) is 66.2 Å². The average molecular weight is 557 g/mol. The Labute approximate surface area is 230 Å². The van der Waals surface area contributed by atoms with Gasteiger partial charge in [0, 0.05) is 43.4 Å². The molecule has 1 N–H and O–H groups in total. The number of nitrogens with zero attached hydrogens (tertiary/aromatic N) is 2. The number of methoxy groups -OCH3 is 1. The molecule has 0 amide bonds. The van der Waals surface area contributed by atoms with E-state index in [-0.39, 0.29) is 22.0 Å². The number of hydrogen-bond acceptors (Lipinski definition) is 8. The minimum Gasteiger partial charge on any atom is -0.508 e. The van der Waals surface area contributed by atoms with Gasteiger partial charge in [0.25, 0.3) is 11.4 Å². The Morgan fingerprint density at radius 2 is 1.10 bits per heavy atom. The second-order valence-corrected chi connectivity index (χ2v) is 10.6. The van der Waals surface area contributed by atoms with Crippen molar-refractivity contribution in [1.29, 1.82) is 0 Å². The molecule has 0 aliphatic heterocycles. The Morgan fingerprint density at radius 3 is 1.56 bits per heavy atom. The van der Waals surface area contributed by atoms with Crippen LogP contribution in [0.2, 0.25) is 0 Å². The van der Waals surface area contributed by atoms with Crippen LogP contribution in [0.25, 0.3) is 41.1 Å². The fourth-order valence-electron chi connectivity index (χ4n) is 3.94. The summed E-state index contributed by atoms with van der Waals surface area (Å²) in [5, 5.41) is 32.9. The Balaban J connectivity index is 0.000000158. The van der Waals surface area contributed by atoms with Crippen molar-refractivity contribution in [1.82, 2.24) is 0 Å². The summed E-state index contributed by atoms with van der Waals surface area (Å²) in [7, 11) is 1.64. The number of hydrogen-bond donors (Lipinski definition) is 1. The number of benzene rings is 4. The molecule has 0 aliphatic rings.